The lowest BCUT2D eigenvalue weighted by Gasteiger charge is -2.29. The highest BCUT2D eigenvalue weighted by Crippen LogP contribution is 2.32. The number of hydrogen-bond acceptors (Lipinski definition) is 7. The Morgan fingerprint density at radius 2 is 1.84 bits per heavy atom. The number of fused-ring (bicyclic) bond motifs is 1. The molecule has 4 rings (SSSR count). The van der Waals surface area contributed by atoms with Gasteiger partial charge in [-0.25, -0.2) is 4.98 Å². The molecule has 2 aromatic carbocycles. The van der Waals surface area contributed by atoms with Gasteiger partial charge in [0.25, 0.3) is 5.91 Å². The molecule has 1 aromatic heterocycles. The number of anilines is 1. The molecule has 0 saturated carbocycles. The number of aromatic nitrogens is 1. The molecule has 1 saturated heterocycles. The molecular formula is C24H29N3O4S. The van der Waals surface area contributed by atoms with Gasteiger partial charge in [0.05, 0.1) is 37.6 Å². The average molecular weight is 456 g/mol. The van der Waals surface area contributed by atoms with Crippen molar-refractivity contribution in [3.8, 4) is 11.5 Å². The molecule has 0 atom stereocenters. The minimum absolute atomic E-state index is 0.120. The summed E-state index contributed by atoms with van der Waals surface area (Å²) >= 11 is 1.55. The lowest BCUT2D eigenvalue weighted by atomic mass is 10.1. The highest BCUT2D eigenvalue weighted by atomic mass is 32.1. The van der Waals surface area contributed by atoms with Crippen molar-refractivity contribution in [3.63, 3.8) is 0 Å². The van der Waals surface area contributed by atoms with E-state index in [0.29, 0.717) is 28.7 Å². The zero-order valence-electron chi connectivity index (χ0n) is 18.8. The average Bonchev–Trinajstić information content (AvgIpc) is 3.27. The molecule has 1 amide bonds. The molecule has 1 aliphatic rings. The zero-order valence-corrected chi connectivity index (χ0v) is 19.6. The van der Waals surface area contributed by atoms with Crippen molar-refractivity contribution < 1.29 is 19.0 Å². The van der Waals surface area contributed by atoms with Crippen LogP contribution in [0.5, 0.6) is 11.5 Å². The zero-order chi connectivity index (χ0) is 22.5. The first-order chi connectivity index (χ1) is 15.6. The number of thiazole rings is 1. The monoisotopic (exact) mass is 455 g/mol. The lowest BCUT2D eigenvalue weighted by Crippen LogP contribution is -2.43. The number of amides is 1. The van der Waals surface area contributed by atoms with Crippen molar-refractivity contribution in [2.75, 3.05) is 58.5 Å². The van der Waals surface area contributed by atoms with E-state index < -0.39 is 0 Å². The van der Waals surface area contributed by atoms with Crippen LogP contribution < -0.4 is 14.4 Å². The summed E-state index contributed by atoms with van der Waals surface area (Å²) in [6.07, 6.45) is 0.965. The summed E-state index contributed by atoms with van der Waals surface area (Å²) in [5.74, 6) is 1.04. The fourth-order valence-electron chi connectivity index (χ4n) is 3.73. The summed E-state index contributed by atoms with van der Waals surface area (Å²) in [7, 11) is 3.16. The SMILES string of the molecule is CCc1ccc2nc(N(CCN3CCOCC3)C(=O)c3cc(OC)cc(OC)c3)sc2c1. The Balaban J connectivity index is 1.67. The second-order valence-electron chi connectivity index (χ2n) is 7.66. The fraction of sp³-hybridized carbons (Fsp3) is 0.417. The maximum atomic E-state index is 13.7. The summed E-state index contributed by atoms with van der Waals surface area (Å²) in [6, 6.07) is 11.5. The van der Waals surface area contributed by atoms with E-state index in [1.54, 1.807) is 48.7 Å². The third-order valence-corrected chi connectivity index (χ3v) is 6.71. The van der Waals surface area contributed by atoms with Gasteiger partial charge in [0.1, 0.15) is 11.5 Å². The van der Waals surface area contributed by atoms with Gasteiger partial charge < -0.3 is 14.2 Å². The van der Waals surface area contributed by atoms with Gasteiger partial charge in [0, 0.05) is 37.8 Å². The molecule has 0 N–H and O–H groups in total. The van der Waals surface area contributed by atoms with Crippen molar-refractivity contribution >= 4 is 32.6 Å². The molecule has 2 heterocycles. The Hall–Kier alpha value is -2.68. The molecule has 170 valence electrons. The van der Waals surface area contributed by atoms with Crippen molar-refractivity contribution in [3.05, 3.63) is 47.5 Å². The summed E-state index contributed by atoms with van der Waals surface area (Å²) in [6.45, 7) is 6.62. The maximum Gasteiger partial charge on any atom is 0.260 e. The number of carbonyl (C=O) groups is 1. The first-order valence-corrected chi connectivity index (χ1v) is 11.7. The van der Waals surface area contributed by atoms with Crippen LogP contribution in [-0.2, 0) is 11.2 Å². The normalized spacial score (nSPS) is 14.5. The van der Waals surface area contributed by atoms with Gasteiger partial charge in [-0.15, -0.1) is 0 Å². The van der Waals surface area contributed by atoms with Crippen molar-refractivity contribution in [1.82, 2.24) is 9.88 Å². The van der Waals surface area contributed by atoms with E-state index in [2.05, 4.69) is 24.0 Å². The number of aryl methyl sites for hydroxylation is 1. The van der Waals surface area contributed by atoms with Gasteiger partial charge in [0.15, 0.2) is 5.13 Å². The van der Waals surface area contributed by atoms with Gasteiger partial charge in [-0.05, 0) is 36.2 Å². The van der Waals surface area contributed by atoms with Crippen LogP contribution >= 0.6 is 11.3 Å². The van der Waals surface area contributed by atoms with Gasteiger partial charge >= 0.3 is 0 Å². The fourth-order valence-corrected chi connectivity index (χ4v) is 4.78. The van der Waals surface area contributed by atoms with Gasteiger partial charge in [0.2, 0.25) is 0 Å². The number of methoxy groups -OCH3 is 2. The van der Waals surface area contributed by atoms with Gasteiger partial charge in [-0.2, -0.15) is 0 Å². The Labute approximate surface area is 192 Å². The predicted molar refractivity (Wildman–Crippen MR) is 127 cm³/mol. The Morgan fingerprint density at radius 3 is 2.50 bits per heavy atom. The molecule has 8 heteroatoms. The second kappa shape index (κ2) is 10.3. The molecule has 0 aliphatic carbocycles. The maximum absolute atomic E-state index is 13.7. The largest absolute Gasteiger partial charge is 0.497 e. The first kappa shape index (κ1) is 22.5. The highest BCUT2D eigenvalue weighted by Gasteiger charge is 2.24. The number of morpholine rings is 1. The summed E-state index contributed by atoms with van der Waals surface area (Å²) in [5, 5.41) is 0.702. The topological polar surface area (TPSA) is 64.1 Å². The van der Waals surface area contributed by atoms with Crippen molar-refractivity contribution in [1.29, 1.82) is 0 Å². The van der Waals surface area contributed by atoms with E-state index in [0.717, 1.165) is 49.5 Å². The third-order valence-electron chi connectivity index (χ3n) is 5.67. The Morgan fingerprint density at radius 1 is 1.12 bits per heavy atom. The van der Waals surface area contributed by atoms with E-state index in [4.69, 9.17) is 19.2 Å². The van der Waals surface area contributed by atoms with Crippen LogP contribution in [-0.4, -0.2) is 69.4 Å². The number of rotatable bonds is 8. The first-order valence-electron chi connectivity index (χ1n) is 10.9. The van der Waals surface area contributed by atoms with Crippen LogP contribution in [0.1, 0.15) is 22.8 Å². The molecule has 0 radical (unpaired) electrons. The smallest absolute Gasteiger partial charge is 0.260 e. The van der Waals surface area contributed by atoms with Crippen LogP contribution in [0.15, 0.2) is 36.4 Å². The van der Waals surface area contributed by atoms with Crippen LogP contribution in [0, 0.1) is 0 Å². The summed E-state index contributed by atoms with van der Waals surface area (Å²) in [5.41, 5.74) is 2.68. The summed E-state index contributed by atoms with van der Waals surface area (Å²) in [4.78, 5) is 22.6. The Bertz CT molecular complexity index is 1060. The molecule has 0 unspecified atom stereocenters. The second-order valence-corrected chi connectivity index (χ2v) is 8.67. The van der Waals surface area contributed by atoms with E-state index in [-0.39, 0.29) is 5.91 Å². The molecule has 1 aliphatic heterocycles. The van der Waals surface area contributed by atoms with Gasteiger partial charge in [-0.1, -0.05) is 24.3 Å². The van der Waals surface area contributed by atoms with E-state index in [1.165, 1.54) is 5.56 Å². The number of benzene rings is 2. The number of nitrogens with zero attached hydrogens (tertiary/aromatic N) is 3. The number of ether oxygens (including phenoxy) is 3. The van der Waals surface area contributed by atoms with E-state index in [1.807, 2.05) is 6.07 Å². The number of hydrogen-bond donors (Lipinski definition) is 0. The van der Waals surface area contributed by atoms with Gasteiger partial charge in [-0.3, -0.25) is 14.6 Å². The predicted octanol–water partition coefficient (Wildman–Crippen LogP) is 3.85. The van der Waals surface area contributed by atoms with E-state index >= 15 is 0 Å². The highest BCUT2D eigenvalue weighted by molar-refractivity contribution is 7.22. The molecule has 7 nitrogen and oxygen atoms in total. The lowest BCUT2D eigenvalue weighted by molar-refractivity contribution is 0.0391. The standard InChI is InChI=1S/C24H29N3O4S/c1-4-17-5-6-21-22(13-17)32-24(25-21)27(8-7-26-9-11-31-12-10-26)23(28)18-14-19(29-2)16-20(15-18)30-3/h5-6,13-16H,4,7-12H2,1-3H3. The summed E-state index contributed by atoms with van der Waals surface area (Å²) < 4.78 is 17.3. The molecule has 32 heavy (non-hydrogen) atoms. The molecule has 3 aromatic rings. The molecule has 0 bridgehead atoms. The Kier molecular flexibility index (Phi) is 7.24. The van der Waals surface area contributed by atoms with Crippen LogP contribution in [0.4, 0.5) is 5.13 Å². The third kappa shape index (κ3) is 5.03. The van der Waals surface area contributed by atoms with Crippen LogP contribution in [0.2, 0.25) is 0 Å². The van der Waals surface area contributed by atoms with Crippen LogP contribution in [0.3, 0.4) is 0 Å². The quantitative estimate of drug-likeness (QED) is 0.514. The number of carbonyl (C=O) groups excluding carboxylic acids is 1. The molecular weight excluding hydrogens is 426 g/mol. The minimum atomic E-state index is -0.120. The van der Waals surface area contributed by atoms with E-state index in [9.17, 15) is 4.79 Å². The van der Waals surface area contributed by atoms with Crippen LogP contribution in [0.25, 0.3) is 10.2 Å². The minimum Gasteiger partial charge on any atom is -0.497 e. The van der Waals surface area contributed by atoms with Crippen molar-refractivity contribution in [2.24, 2.45) is 0 Å². The molecule has 0 spiro atoms. The van der Waals surface area contributed by atoms with Crippen molar-refractivity contribution in [2.45, 2.75) is 13.3 Å². The molecule has 1 fully saturated rings.